The average molecular weight is 526 g/mol. The van der Waals surface area contributed by atoms with Crippen molar-refractivity contribution >= 4 is 57.4 Å². The molecule has 0 aliphatic rings. The minimum atomic E-state index is -0.344. The first-order valence-corrected chi connectivity index (χ1v) is 11.8. The number of hydrogen-bond donors (Lipinski definition) is 1. The van der Waals surface area contributed by atoms with Gasteiger partial charge in [-0.15, -0.1) is 0 Å². The van der Waals surface area contributed by atoms with E-state index in [4.69, 9.17) is 39.8 Å². The van der Waals surface area contributed by atoms with Crippen LogP contribution in [-0.2, 0) is 13.6 Å². The van der Waals surface area contributed by atoms with E-state index in [1.54, 1.807) is 40.0 Å². The lowest BCUT2D eigenvalue weighted by Gasteiger charge is -2.10. The van der Waals surface area contributed by atoms with Gasteiger partial charge in [0.15, 0.2) is 5.82 Å². The van der Waals surface area contributed by atoms with Gasteiger partial charge in [0, 0.05) is 39.9 Å². The van der Waals surface area contributed by atoms with Crippen molar-refractivity contribution in [1.29, 1.82) is 0 Å². The lowest BCUT2D eigenvalue weighted by atomic mass is 10.0. The molecule has 0 fully saturated rings. The third kappa shape index (κ3) is 4.62. The smallest absolute Gasteiger partial charge is 0.257 e. The van der Waals surface area contributed by atoms with Crippen LogP contribution in [0.2, 0.25) is 15.1 Å². The molecule has 7 nitrogen and oxygen atoms in total. The molecule has 3 heterocycles. The molecule has 0 aliphatic carbocycles. The number of amides is 1. The second-order valence-electron chi connectivity index (χ2n) is 8.05. The Kier molecular flexibility index (Phi) is 6.23. The highest BCUT2D eigenvalue weighted by atomic mass is 35.5. The highest BCUT2D eigenvalue weighted by Gasteiger charge is 2.19. The van der Waals surface area contributed by atoms with Crippen molar-refractivity contribution in [3.8, 4) is 11.3 Å². The molecule has 3 aromatic heterocycles. The molecule has 0 spiro atoms. The van der Waals surface area contributed by atoms with E-state index in [0.29, 0.717) is 38.4 Å². The molecule has 0 atom stereocenters. The molecule has 35 heavy (non-hydrogen) atoms. The summed E-state index contributed by atoms with van der Waals surface area (Å²) in [6, 6.07) is 14.5. The molecule has 5 rings (SSSR count). The van der Waals surface area contributed by atoms with E-state index in [2.05, 4.69) is 15.5 Å². The van der Waals surface area contributed by atoms with Crippen molar-refractivity contribution in [1.82, 2.24) is 24.5 Å². The van der Waals surface area contributed by atoms with E-state index in [1.807, 2.05) is 44.3 Å². The maximum Gasteiger partial charge on any atom is 0.257 e. The standard InChI is InChI=1S/C25H19Cl3N6O/c1-14-19(11-29-33(14)2)23-10-18(17-5-3-4-6-22(17)30-23)25(35)31-24-21(28)13-34(32-24)12-15-7-8-16(26)9-20(15)27/h3-11,13H,12H2,1-2H3,(H,31,32,35). The summed E-state index contributed by atoms with van der Waals surface area (Å²) in [6.45, 7) is 2.33. The number of aromatic nitrogens is 5. The number of carbonyl (C=O) groups is 1. The summed E-state index contributed by atoms with van der Waals surface area (Å²) in [5, 5.41) is 13.7. The molecule has 2 aromatic carbocycles. The second-order valence-corrected chi connectivity index (χ2v) is 9.30. The zero-order valence-electron chi connectivity index (χ0n) is 18.8. The molecule has 0 bridgehead atoms. The number of hydrogen-bond acceptors (Lipinski definition) is 4. The number of halogens is 3. The predicted octanol–water partition coefficient (Wildman–Crippen LogP) is 6.40. The van der Waals surface area contributed by atoms with Crippen molar-refractivity contribution in [2.45, 2.75) is 13.5 Å². The Morgan fingerprint density at radius 1 is 1.06 bits per heavy atom. The first-order valence-electron chi connectivity index (χ1n) is 10.7. The Bertz CT molecular complexity index is 1590. The number of anilines is 1. The van der Waals surface area contributed by atoms with Crippen LogP contribution >= 0.6 is 34.8 Å². The van der Waals surface area contributed by atoms with E-state index in [9.17, 15) is 4.79 Å². The number of nitrogens with one attached hydrogen (secondary N) is 1. The number of benzene rings is 2. The van der Waals surface area contributed by atoms with Crippen LogP contribution in [-0.4, -0.2) is 30.5 Å². The maximum absolute atomic E-state index is 13.4. The largest absolute Gasteiger partial charge is 0.304 e. The Hall–Kier alpha value is -3.39. The summed E-state index contributed by atoms with van der Waals surface area (Å²) in [7, 11) is 1.86. The van der Waals surface area contributed by atoms with Gasteiger partial charge in [0.05, 0.1) is 29.5 Å². The van der Waals surface area contributed by atoms with Crippen LogP contribution in [0.15, 0.2) is 60.9 Å². The number of pyridine rings is 1. The summed E-state index contributed by atoms with van der Waals surface area (Å²) >= 11 is 18.7. The molecule has 0 aliphatic heterocycles. The van der Waals surface area contributed by atoms with E-state index in [-0.39, 0.29) is 11.7 Å². The van der Waals surface area contributed by atoms with Crippen LogP contribution in [0, 0.1) is 6.92 Å². The van der Waals surface area contributed by atoms with Crippen molar-refractivity contribution in [2.24, 2.45) is 7.05 Å². The number of carbonyl (C=O) groups excluding carboxylic acids is 1. The van der Waals surface area contributed by atoms with Crippen molar-refractivity contribution in [3.05, 3.63) is 92.8 Å². The number of nitrogens with zero attached hydrogens (tertiary/aromatic N) is 5. The summed E-state index contributed by atoms with van der Waals surface area (Å²) in [5.41, 5.74) is 4.45. The first kappa shape index (κ1) is 23.4. The van der Waals surface area contributed by atoms with Gasteiger partial charge >= 0.3 is 0 Å². The third-order valence-electron chi connectivity index (χ3n) is 5.77. The lowest BCUT2D eigenvalue weighted by molar-refractivity contribution is 0.102. The van der Waals surface area contributed by atoms with Crippen LogP contribution in [0.3, 0.4) is 0 Å². The average Bonchev–Trinajstić information content (AvgIpc) is 3.35. The molecule has 1 amide bonds. The van der Waals surface area contributed by atoms with Crippen LogP contribution < -0.4 is 5.32 Å². The van der Waals surface area contributed by atoms with Gasteiger partial charge in [-0.05, 0) is 36.8 Å². The van der Waals surface area contributed by atoms with E-state index < -0.39 is 0 Å². The Balaban J connectivity index is 1.47. The fourth-order valence-corrected chi connectivity index (χ4v) is 4.48. The number of rotatable bonds is 5. The fourth-order valence-electron chi connectivity index (χ4n) is 3.81. The number of aryl methyl sites for hydroxylation is 1. The molecule has 1 N–H and O–H groups in total. The van der Waals surface area contributed by atoms with Gasteiger partial charge in [0.1, 0.15) is 5.02 Å². The summed E-state index contributed by atoms with van der Waals surface area (Å²) in [4.78, 5) is 18.2. The van der Waals surface area contributed by atoms with Gasteiger partial charge in [-0.2, -0.15) is 10.2 Å². The van der Waals surface area contributed by atoms with Gasteiger partial charge in [-0.3, -0.25) is 14.2 Å². The SMILES string of the molecule is Cc1c(-c2cc(C(=O)Nc3nn(Cc4ccc(Cl)cc4Cl)cc3Cl)c3ccccc3n2)cnn1C. The topological polar surface area (TPSA) is 77.6 Å². The fraction of sp³-hybridized carbons (Fsp3) is 0.120. The molecule has 10 heteroatoms. The number of para-hydroxylation sites is 1. The zero-order chi connectivity index (χ0) is 24.7. The number of fused-ring (bicyclic) bond motifs is 1. The van der Waals surface area contributed by atoms with Gasteiger partial charge < -0.3 is 5.32 Å². The molecule has 0 radical (unpaired) electrons. The van der Waals surface area contributed by atoms with Crippen LogP contribution in [0.1, 0.15) is 21.6 Å². The Labute approximate surface area is 216 Å². The zero-order valence-corrected chi connectivity index (χ0v) is 21.0. The van der Waals surface area contributed by atoms with E-state index >= 15 is 0 Å². The quantitative estimate of drug-likeness (QED) is 0.288. The summed E-state index contributed by atoms with van der Waals surface area (Å²) in [5.74, 6) is -0.0928. The first-order chi connectivity index (χ1) is 16.8. The summed E-state index contributed by atoms with van der Waals surface area (Å²) in [6.07, 6.45) is 3.38. The third-order valence-corrected chi connectivity index (χ3v) is 6.63. The highest BCUT2D eigenvalue weighted by Crippen LogP contribution is 2.29. The minimum absolute atomic E-state index is 0.252. The lowest BCUT2D eigenvalue weighted by Crippen LogP contribution is -2.14. The van der Waals surface area contributed by atoms with Gasteiger partial charge in [-0.1, -0.05) is 59.1 Å². The van der Waals surface area contributed by atoms with Crippen LogP contribution in [0.4, 0.5) is 5.82 Å². The molecular formula is C25H19Cl3N6O. The van der Waals surface area contributed by atoms with Gasteiger partial charge in [-0.25, -0.2) is 4.98 Å². The van der Waals surface area contributed by atoms with Crippen LogP contribution in [0.25, 0.3) is 22.2 Å². The van der Waals surface area contributed by atoms with Gasteiger partial charge in [0.25, 0.3) is 5.91 Å². The van der Waals surface area contributed by atoms with E-state index in [0.717, 1.165) is 22.2 Å². The normalized spacial score (nSPS) is 11.2. The molecule has 0 unspecified atom stereocenters. The van der Waals surface area contributed by atoms with Crippen LogP contribution in [0.5, 0.6) is 0 Å². The monoisotopic (exact) mass is 524 g/mol. The van der Waals surface area contributed by atoms with Gasteiger partial charge in [0.2, 0.25) is 0 Å². The molecule has 0 saturated heterocycles. The Morgan fingerprint density at radius 3 is 2.60 bits per heavy atom. The second kappa shape index (κ2) is 9.34. The summed E-state index contributed by atoms with van der Waals surface area (Å²) < 4.78 is 3.38. The molecule has 176 valence electrons. The predicted molar refractivity (Wildman–Crippen MR) is 139 cm³/mol. The van der Waals surface area contributed by atoms with Crippen molar-refractivity contribution in [2.75, 3.05) is 5.32 Å². The molecular weight excluding hydrogens is 507 g/mol. The molecule has 5 aromatic rings. The highest BCUT2D eigenvalue weighted by molar-refractivity contribution is 6.35. The molecule has 0 saturated carbocycles. The Morgan fingerprint density at radius 2 is 1.86 bits per heavy atom. The van der Waals surface area contributed by atoms with E-state index in [1.165, 1.54) is 0 Å². The minimum Gasteiger partial charge on any atom is -0.304 e. The van der Waals surface area contributed by atoms with Crippen molar-refractivity contribution < 1.29 is 4.79 Å². The maximum atomic E-state index is 13.4. The van der Waals surface area contributed by atoms with Crippen molar-refractivity contribution in [3.63, 3.8) is 0 Å².